The van der Waals surface area contributed by atoms with Crippen LogP contribution in [0.4, 0.5) is 4.39 Å². The van der Waals surface area contributed by atoms with E-state index in [-0.39, 0.29) is 42.3 Å². The minimum Gasteiger partial charge on any atom is -0.535 e. The Bertz CT molecular complexity index is 830. The molecule has 1 aromatic carbocycles. The maximum absolute atomic E-state index is 12.4. The zero-order valence-electron chi connectivity index (χ0n) is 13.7. The molecule has 0 amide bonds. The number of carbonyl (C=O) groups excluding carboxylic acids is 1. The highest BCUT2D eigenvalue weighted by atomic mass is 19.1. The largest absolute Gasteiger partial charge is 0.535 e. The van der Waals surface area contributed by atoms with Crippen molar-refractivity contribution in [3.05, 3.63) is 35.2 Å². The lowest BCUT2D eigenvalue weighted by Crippen LogP contribution is -2.36. The molecule has 2 heterocycles. The second-order valence-corrected chi connectivity index (χ2v) is 6.00. The standard InChI is InChI=1S/C15H16BFN4O5/c17-4-5-21-13(18-19-20-21)8-11(22)7-10-6-9-2-1-3-12(15(23)24)14(9)26-16(10)25/h1-3,10,25H,4-8H2,(H,23,24)/t10-/m1/s1. The third-order valence-corrected chi connectivity index (χ3v) is 4.20. The second-order valence-electron chi connectivity index (χ2n) is 6.00. The molecule has 1 atom stereocenters. The molecule has 26 heavy (non-hydrogen) atoms. The van der Waals surface area contributed by atoms with E-state index < -0.39 is 25.6 Å². The topological polar surface area (TPSA) is 127 Å². The molecule has 0 unspecified atom stereocenters. The number of carbonyl (C=O) groups is 2. The average molecular weight is 362 g/mol. The predicted molar refractivity (Wildman–Crippen MR) is 86.6 cm³/mol. The van der Waals surface area contributed by atoms with Crippen LogP contribution in [0.5, 0.6) is 5.75 Å². The quantitative estimate of drug-likeness (QED) is 0.675. The number of tetrazole rings is 1. The van der Waals surface area contributed by atoms with Crippen molar-refractivity contribution in [3.63, 3.8) is 0 Å². The van der Waals surface area contributed by atoms with Gasteiger partial charge in [0, 0.05) is 12.2 Å². The summed E-state index contributed by atoms with van der Waals surface area (Å²) in [6.07, 6.45) is 0.220. The van der Waals surface area contributed by atoms with Crippen LogP contribution in [0.2, 0.25) is 5.82 Å². The molecule has 3 rings (SSSR count). The number of nitrogens with zero attached hydrogens (tertiary/aromatic N) is 4. The van der Waals surface area contributed by atoms with Gasteiger partial charge in [0.25, 0.3) is 0 Å². The number of hydrogen-bond acceptors (Lipinski definition) is 7. The normalized spacial score (nSPS) is 16.1. The zero-order chi connectivity index (χ0) is 18.7. The van der Waals surface area contributed by atoms with E-state index in [2.05, 4.69) is 15.5 Å². The van der Waals surface area contributed by atoms with Crippen molar-refractivity contribution in [2.45, 2.75) is 31.6 Å². The van der Waals surface area contributed by atoms with E-state index >= 15 is 0 Å². The number of fused-ring (bicyclic) bond motifs is 1. The number of carboxylic acids is 1. The van der Waals surface area contributed by atoms with Crippen molar-refractivity contribution < 1.29 is 28.8 Å². The van der Waals surface area contributed by atoms with E-state index in [9.17, 15) is 24.1 Å². The molecule has 0 radical (unpaired) electrons. The molecule has 0 fully saturated rings. The van der Waals surface area contributed by atoms with E-state index in [0.717, 1.165) is 0 Å². The van der Waals surface area contributed by atoms with E-state index in [0.29, 0.717) is 12.0 Å². The SMILES string of the molecule is O=C(Cc1nnnn1CCF)C[C@H]1Cc2cccc(C(=O)O)c2OB1O. The van der Waals surface area contributed by atoms with Gasteiger partial charge in [-0.3, -0.25) is 4.79 Å². The molecule has 0 saturated carbocycles. The van der Waals surface area contributed by atoms with Crippen LogP contribution in [0, 0.1) is 0 Å². The van der Waals surface area contributed by atoms with Crippen molar-refractivity contribution in [2.75, 3.05) is 6.67 Å². The van der Waals surface area contributed by atoms with Crippen molar-refractivity contribution >= 4 is 18.9 Å². The minimum atomic E-state index is -1.30. The summed E-state index contributed by atoms with van der Waals surface area (Å²) >= 11 is 0. The Morgan fingerprint density at radius 1 is 1.42 bits per heavy atom. The number of aromatic nitrogens is 4. The fourth-order valence-electron chi connectivity index (χ4n) is 2.97. The number of aryl methyl sites for hydroxylation is 1. The lowest BCUT2D eigenvalue weighted by molar-refractivity contribution is -0.118. The highest BCUT2D eigenvalue weighted by Crippen LogP contribution is 2.36. The third kappa shape index (κ3) is 3.72. The smallest absolute Gasteiger partial charge is 0.526 e. The van der Waals surface area contributed by atoms with Gasteiger partial charge in [0.05, 0.1) is 18.5 Å². The van der Waals surface area contributed by atoms with Gasteiger partial charge in [0.1, 0.15) is 18.2 Å². The van der Waals surface area contributed by atoms with Gasteiger partial charge < -0.3 is 14.8 Å². The maximum Gasteiger partial charge on any atom is 0.526 e. The average Bonchev–Trinajstić information content (AvgIpc) is 3.02. The van der Waals surface area contributed by atoms with Crippen molar-refractivity contribution in [1.82, 2.24) is 20.2 Å². The third-order valence-electron chi connectivity index (χ3n) is 4.20. The number of halogens is 1. The van der Waals surface area contributed by atoms with Crippen LogP contribution in [0.1, 0.15) is 28.2 Å². The molecule has 1 aliphatic rings. The molecule has 0 spiro atoms. The molecule has 0 aliphatic carbocycles. The first kappa shape index (κ1) is 18.0. The summed E-state index contributed by atoms with van der Waals surface area (Å²) in [5.41, 5.74) is 0.590. The van der Waals surface area contributed by atoms with E-state index in [1.165, 1.54) is 10.7 Å². The summed E-state index contributed by atoms with van der Waals surface area (Å²) in [6.45, 7) is -0.680. The molecule has 2 aromatic rings. The molecular weight excluding hydrogens is 346 g/mol. The second kappa shape index (κ2) is 7.60. The monoisotopic (exact) mass is 362 g/mol. The highest BCUT2D eigenvalue weighted by Gasteiger charge is 2.37. The van der Waals surface area contributed by atoms with Crippen molar-refractivity contribution in [3.8, 4) is 5.75 Å². The van der Waals surface area contributed by atoms with Crippen LogP contribution < -0.4 is 4.65 Å². The molecule has 2 N–H and O–H groups in total. The zero-order valence-corrected chi connectivity index (χ0v) is 13.7. The van der Waals surface area contributed by atoms with E-state index in [1.54, 1.807) is 12.1 Å². The number of benzene rings is 1. The van der Waals surface area contributed by atoms with Gasteiger partial charge in [-0.25, -0.2) is 13.9 Å². The van der Waals surface area contributed by atoms with Gasteiger partial charge in [-0.05, 0) is 28.5 Å². The van der Waals surface area contributed by atoms with Crippen LogP contribution in [0.15, 0.2) is 18.2 Å². The number of Topliss-reactive ketones (excluding diaryl/α,β-unsaturated/α-hetero) is 1. The Labute approximate surface area is 147 Å². The fourth-order valence-corrected chi connectivity index (χ4v) is 2.97. The lowest BCUT2D eigenvalue weighted by Gasteiger charge is -2.27. The van der Waals surface area contributed by atoms with Crippen LogP contribution in [0.25, 0.3) is 0 Å². The Balaban J connectivity index is 1.69. The van der Waals surface area contributed by atoms with E-state index in [1.807, 2.05) is 0 Å². The molecule has 1 aliphatic heterocycles. The molecule has 0 saturated heterocycles. The van der Waals surface area contributed by atoms with Crippen LogP contribution in [-0.4, -0.2) is 55.9 Å². The minimum absolute atomic E-state index is 0.000388. The summed E-state index contributed by atoms with van der Waals surface area (Å²) in [5.74, 6) is -1.52. The fraction of sp³-hybridized carbons (Fsp3) is 0.400. The number of ketones is 1. The maximum atomic E-state index is 12.4. The molecule has 11 heteroatoms. The number of para-hydroxylation sites is 1. The van der Waals surface area contributed by atoms with Gasteiger partial charge in [-0.1, -0.05) is 12.1 Å². The first-order chi connectivity index (χ1) is 12.5. The summed E-state index contributed by atoms with van der Waals surface area (Å²) in [5, 5.41) is 30.1. The highest BCUT2D eigenvalue weighted by molar-refractivity contribution is 6.47. The number of rotatable bonds is 7. The molecule has 1 aromatic heterocycles. The summed E-state index contributed by atoms with van der Waals surface area (Å²) in [4.78, 5) is 23.5. The summed E-state index contributed by atoms with van der Waals surface area (Å²) in [6, 6.07) is 4.68. The molecule has 9 nitrogen and oxygen atoms in total. The van der Waals surface area contributed by atoms with Gasteiger partial charge in [0.15, 0.2) is 5.82 Å². The molecule has 136 valence electrons. The molecule has 0 bridgehead atoms. The van der Waals surface area contributed by atoms with Gasteiger partial charge >= 0.3 is 13.1 Å². The Morgan fingerprint density at radius 3 is 2.96 bits per heavy atom. The Morgan fingerprint density at radius 2 is 2.23 bits per heavy atom. The van der Waals surface area contributed by atoms with Gasteiger partial charge in [-0.2, -0.15) is 0 Å². The number of aromatic carboxylic acids is 1. The molecular formula is C15H16BFN4O5. The number of hydrogen-bond donors (Lipinski definition) is 2. The Kier molecular flexibility index (Phi) is 5.26. The van der Waals surface area contributed by atoms with Crippen LogP contribution in [-0.2, 0) is 24.2 Å². The first-order valence-corrected chi connectivity index (χ1v) is 8.02. The van der Waals surface area contributed by atoms with E-state index in [4.69, 9.17) is 4.65 Å². The lowest BCUT2D eigenvalue weighted by atomic mass is 9.64. The summed E-state index contributed by atoms with van der Waals surface area (Å²) in [7, 11) is -1.30. The first-order valence-electron chi connectivity index (χ1n) is 8.02. The number of alkyl halides is 1. The van der Waals surface area contributed by atoms with Gasteiger partial charge in [-0.15, -0.1) is 5.10 Å². The van der Waals surface area contributed by atoms with Crippen LogP contribution in [0.3, 0.4) is 0 Å². The summed E-state index contributed by atoms with van der Waals surface area (Å²) < 4.78 is 19.0. The Hall–Kier alpha value is -2.82. The van der Waals surface area contributed by atoms with Crippen molar-refractivity contribution in [1.29, 1.82) is 0 Å². The van der Waals surface area contributed by atoms with Crippen LogP contribution >= 0.6 is 0 Å². The predicted octanol–water partition coefficient (Wildman–Crippen LogP) is 0.328. The van der Waals surface area contributed by atoms with Crippen molar-refractivity contribution in [2.24, 2.45) is 0 Å². The van der Waals surface area contributed by atoms with Gasteiger partial charge in [0.2, 0.25) is 0 Å². The number of carboxylic acid groups (broad SMARTS) is 1.